The summed E-state index contributed by atoms with van der Waals surface area (Å²) in [6.45, 7) is 1.53. The monoisotopic (exact) mass is 638 g/mol. The van der Waals surface area contributed by atoms with Gasteiger partial charge in [0.05, 0.1) is 45.7 Å². The summed E-state index contributed by atoms with van der Waals surface area (Å²) in [4.78, 5) is 55.2. The van der Waals surface area contributed by atoms with Crippen LogP contribution in [0.1, 0.15) is 58.3 Å². The number of esters is 1. The molecule has 45 heavy (non-hydrogen) atoms. The summed E-state index contributed by atoms with van der Waals surface area (Å²) in [7, 11) is 0.988. The van der Waals surface area contributed by atoms with Crippen LogP contribution < -0.4 is 4.74 Å². The van der Waals surface area contributed by atoms with Gasteiger partial charge >= 0.3 is 5.97 Å². The van der Waals surface area contributed by atoms with Gasteiger partial charge in [0.15, 0.2) is 23.1 Å². The summed E-state index contributed by atoms with van der Waals surface area (Å²) in [6.07, 6.45) is -3.76. The van der Waals surface area contributed by atoms with E-state index in [2.05, 4.69) is 0 Å². The molecule has 13 nitrogen and oxygen atoms in total. The first-order valence-corrected chi connectivity index (χ1v) is 14.3. The number of phenolic OH excluding ortho intramolecular Hbond substituents is 3. The highest BCUT2D eigenvalue weighted by atomic mass is 35.5. The van der Waals surface area contributed by atoms with Crippen LogP contribution in [0.2, 0.25) is 5.02 Å². The van der Waals surface area contributed by atoms with Gasteiger partial charge in [-0.25, -0.2) is 4.79 Å². The lowest BCUT2D eigenvalue weighted by Gasteiger charge is -2.43. The van der Waals surface area contributed by atoms with E-state index in [4.69, 9.17) is 25.8 Å². The standard InChI is InChI=1S/C31H23ClO13/c1-29-18-13-8(7-30(27(29)45-29)19(24(18)40)22(38)14-9(33)3-4-10(34)15(14)26(30)41)20(32)25-16(21(13)37)23(39)17-11(35)5-6-12(36)31(17,44-25)28(42)43-2/h3-4,12,18,27,33-34,36-39H,5-7H2,1-2H3/t12-,18-,27?,29?,30+,31-/m1/s1. The fraction of sp³-hybridized carbons (Fsp3) is 0.355. The molecule has 1 saturated heterocycles. The number of hydrogen-bond acceptors (Lipinski definition) is 13. The van der Waals surface area contributed by atoms with E-state index in [1.165, 1.54) is 6.92 Å². The minimum absolute atomic E-state index is 0.0320. The number of aliphatic hydroxyl groups excluding tert-OH is 3. The zero-order valence-electron chi connectivity index (χ0n) is 23.4. The molecule has 0 radical (unpaired) electrons. The molecule has 232 valence electrons. The molecule has 5 aliphatic carbocycles. The second kappa shape index (κ2) is 8.16. The van der Waals surface area contributed by atoms with Gasteiger partial charge in [-0.1, -0.05) is 11.6 Å². The molecule has 2 unspecified atom stereocenters. The van der Waals surface area contributed by atoms with E-state index in [1.807, 2.05) is 0 Å². The predicted molar refractivity (Wildman–Crippen MR) is 149 cm³/mol. The van der Waals surface area contributed by atoms with Crippen LogP contribution in [0.25, 0.3) is 11.5 Å². The highest BCUT2D eigenvalue weighted by Crippen LogP contribution is 2.72. The van der Waals surface area contributed by atoms with Crippen LogP contribution in [0, 0.1) is 5.41 Å². The smallest absolute Gasteiger partial charge is 0.358 e. The van der Waals surface area contributed by atoms with Gasteiger partial charge in [-0.2, -0.15) is 0 Å². The Morgan fingerprint density at radius 2 is 1.64 bits per heavy atom. The topological polar surface area (TPSA) is 221 Å². The quantitative estimate of drug-likeness (QED) is 0.150. The number of phenols is 3. The molecule has 6 atom stereocenters. The molecule has 2 saturated carbocycles. The second-order valence-corrected chi connectivity index (χ2v) is 12.7. The van der Waals surface area contributed by atoms with Crippen molar-refractivity contribution in [2.45, 2.75) is 55.5 Å². The summed E-state index contributed by atoms with van der Waals surface area (Å²) in [5.41, 5.74) is -8.68. The Morgan fingerprint density at radius 3 is 2.31 bits per heavy atom. The lowest BCUT2D eigenvalue weighted by molar-refractivity contribution is -0.169. The number of rotatable bonds is 1. The third-order valence-electron chi connectivity index (χ3n) is 10.3. The maximum atomic E-state index is 14.5. The Morgan fingerprint density at radius 1 is 1.00 bits per heavy atom. The Kier molecular flexibility index (Phi) is 5.06. The number of halogens is 1. The summed E-state index contributed by atoms with van der Waals surface area (Å²) in [5.74, 6) is -9.21. The number of epoxide rings is 1. The van der Waals surface area contributed by atoms with Crippen LogP contribution >= 0.6 is 11.6 Å². The summed E-state index contributed by atoms with van der Waals surface area (Å²) >= 11 is 6.94. The van der Waals surface area contributed by atoms with Gasteiger partial charge in [0.25, 0.3) is 5.60 Å². The minimum Gasteiger partial charge on any atom is -0.507 e. The van der Waals surface area contributed by atoms with E-state index < -0.39 is 127 Å². The molecule has 7 aliphatic rings. The molecule has 2 heterocycles. The SMILES string of the molecule is COC(=O)[C@]12Oc3c(Cl)c4c(c(O)c3C(O)=C1C(=O)CC[C@H]2O)[C@@H]1C(=O)C2=C(O)c3c(O)ccc(O)c3C(=O)[C@@]2(C4)C2OC21C. The van der Waals surface area contributed by atoms with Crippen molar-refractivity contribution in [2.24, 2.45) is 5.41 Å². The number of carbonyl (C=O) groups is 4. The highest BCUT2D eigenvalue weighted by Gasteiger charge is 2.80. The Bertz CT molecular complexity index is 1980. The van der Waals surface area contributed by atoms with Crippen molar-refractivity contribution in [1.82, 2.24) is 0 Å². The van der Waals surface area contributed by atoms with Gasteiger partial charge in [-0.3, -0.25) is 14.4 Å². The number of carbonyl (C=O) groups excluding carboxylic acids is 4. The van der Waals surface area contributed by atoms with Crippen LogP contribution in [0.4, 0.5) is 0 Å². The van der Waals surface area contributed by atoms with E-state index in [9.17, 15) is 49.8 Å². The van der Waals surface area contributed by atoms with E-state index in [-0.39, 0.29) is 29.0 Å². The Labute approximate surface area is 257 Å². The summed E-state index contributed by atoms with van der Waals surface area (Å²) < 4.78 is 16.9. The molecule has 1 spiro atoms. The molecule has 0 amide bonds. The number of aliphatic hydroxyl groups is 3. The van der Waals surface area contributed by atoms with Crippen molar-refractivity contribution in [1.29, 1.82) is 0 Å². The first-order chi connectivity index (χ1) is 21.2. The van der Waals surface area contributed by atoms with Gasteiger partial charge < -0.3 is 44.8 Å². The van der Waals surface area contributed by atoms with Crippen molar-refractivity contribution in [3.8, 4) is 23.0 Å². The van der Waals surface area contributed by atoms with Crippen molar-refractivity contribution in [3.05, 3.63) is 56.1 Å². The Hall–Kier alpha value is -4.59. The van der Waals surface area contributed by atoms with Crippen molar-refractivity contribution in [3.63, 3.8) is 0 Å². The predicted octanol–water partition coefficient (Wildman–Crippen LogP) is 2.29. The number of Topliss-reactive ketones (excluding diaryl/α,β-unsaturated/α-hetero) is 3. The molecule has 2 aromatic rings. The number of aromatic hydroxyl groups is 3. The highest BCUT2D eigenvalue weighted by molar-refractivity contribution is 6.34. The first-order valence-electron chi connectivity index (χ1n) is 14.0. The molecule has 2 aliphatic heterocycles. The first kappa shape index (κ1) is 27.9. The lowest BCUT2D eigenvalue weighted by Crippen LogP contribution is -2.61. The molecule has 2 aromatic carbocycles. The lowest BCUT2D eigenvalue weighted by atomic mass is 9.56. The number of ketones is 3. The molecule has 0 aromatic heterocycles. The van der Waals surface area contributed by atoms with Gasteiger partial charge in [0.1, 0.15) is 52.1 Å². The number of fused-ring (bicyclic) bond motifs is 3. The van der Waals surface area contributed by atoms with Crippen molar-refractivity contribution in [2.75, 3.05) is 7.11 Å². The fourth-order valence-corrected chi connectivity index (χ4v) is 8.67. The second-order valence-electron chi connectivity index (χ2n) is 12.3. The van der Waals surface area contributed by atoms with E-state index >= 15 is 0 Å². The van der Waals surface area contributed by atoms with Gasteiger partial charge in [0, 0.05) is 12.0 Å². The van der Waals surface area contributed by atoms with Gasteiger partial charge in [-0.05, 0) is 37.5 Å². The fourth-order valence-electron chi connectivity index (χ4n) is 8.37. The maximum absolute atomic E-state index is 14.5. The molecule has 6 N–H and O–H groups in total. The maximum Gasteiger partial charge on any atom is 0.358 e. The zero-order valence-corrected chi connectivity index (χ0v) is 24.2. The van der Waals surface area contributed by atoms with Gasteiger partial charge in [-0.15, -0.1) is 0 Å². The molecule has 9 rings (SSSR count). The molecule has 3 fully saturated rings. The zero-order chi connectivity index (χ0) is 32.3. The normalized spacial score (nSPS) is 33.7. The van der Waals surface area contributed by atoms with Crippen LogP contribution in [0.15, 0.2) is 23.3 Å². The third kappa shape index (κ3) is 2.80. The van der Waals surface area contributed by atoms with E-state index in [0.717, 1.165) is 19.2 Å². The third-order valence-corrected chi connectivity index (χ3v) is 10.7. The van der Waals surface area contributed by atoms with E-state index in [0.29, 0.717) is 0 Å². The van der Waals surface area contributed by atoms with Gasteiger partial charge in [0.2, 0.25) is 0 Å². The number of benzene rings is 2. The summed E-state index contributed by atoms with van der Waals surface area (Å²) in [6, 6.07) is 2.11. The average molecular weight is 639 g/mol. The molecule has 2 bridgehead atoms. The van der Waals surface area contributed by atoms with Crippen LogP contribution in [-0.4, -0.2) is 84.5 Å². The van der Waals surface area contributed by atoms with Crippen LogP contribution in [0.3, 0.4) is 0 Å². The molecular weight excluding hydrogens is 616 g/mol. The number of hydrogen-bond donors (Lipinski definition) is 6. The van der Waals surface area contributed by atoms with Crippen LogP contribution in [-0.2, 0) is 30.3 Å². The molecular formula is C31H23ClO13. The Balaban J connectivity index is 1.46. The average Bonchev–Trinajstić information content (AvgIpc) is 3.73. The minimum atomic E-state index is -2.55. The number of methoxy groups -OCH3 is 1. The molecule has 14 heteroatoms. The van der Waals surface area contributed by atoms with E-state index in [1.54, 1.807) is 0 Å². The summed E-state index contributed by atoms with van der Waals surface area (Å²) in [5, 5.41) is 66.9. The largest absolute Gasteiger partial charge is 0.507 e. The van der Waals surface area contributed by atoms with Crippen molar-refractivity contribution < 1.29 is 64.0 Å². The number of ether oxygens (including phenoxy) is 3. The van der Waals surface area contributed by atoms with Crippen molar-refractivity contribution >= 4 is 46.4 Å². The van der Waals surface area contributed by atoms with Crippen LogP contribution in [0.5, 0.6) is 23.0 Å².